The molecule has 1 N–H and O–H groups in total. The fraction of sp³-hybridized carbons (Fsp3) is 0.538. The van der Waals surface area contributed by atoms with Crippen LogP contribution in [0.3, 0.4) is 0 Å². The molecule has 14 heavy (non-hydrogen) atoms. The molecule has 1 atom stereocenters. The van der Waals surface area contributed by atoms with E-state index in [-0.39, 0.29) is 0 Å². The lowest BCUT2D eigenvalue weighted by molar-refractivity contribution is -0.0595. The first-order valence-electron chi connectivity index (χ1n) is 5.55. The van der Waals surface area contributed by atoms with Gasteiger partial charge in [-0.15, -0.1) is 0 Å². The molecule has 0 aromatic heterocycles. The van der Waals surface area contributed by atoms with Crippen LogP contribution in [-0.4, -0.2) is 5.11 Å². The number of hydrogen-bond acceptors (Lipinski definition) is 1. The van der Waals surface area contributed by atoms with Crippen molar-refractivity contribution in [3.8, 4) is 0 Å². The fourth-order valence-electron chi connectivity index (χ4n) is 2.34. The van der Waals surface area contributed by atoms with Gasteiger partial charge in [0.25, 0.3) is 0 Å². The fourth-order valence-corrected chi connectivity index (χ4v) is 2.34. The summed E-state index contributed by atoms with van der Waals surface area (Å²) in [7, 11) is 0. The van der Waals surface area contributed by atoms with Crippen LogP contribution < -0.4 is 0 Å². The predicted octanol–water partition coefficient (Wildman–Crippen LogP) is 3.08. The van der Waals surface area contributed by atoms with E-state index >= 15 is 0 Å². The summed E-state index contributed by atoms with van der Waals surface area (Å²) in [5.74, 6) is 0.481. The maximum atomic E-state index is 10.6. The van der Waals surface area contributed by atoms with Crippen LogP contribution in [0.25, 0.3) is 0 Å². The van der Waals surface area contributed by atoms with Gasteiger partial charge in [0, 0.05) is 0 Å². The molecule has 0 aliphatic heterocycles. The molecule has 1 aliphatic carbocycles. The highest BCUT2D eigenvalue weighted by atomic mass is 16.3. The van der Waals surface area contributed by atoms with Gasteiger partial charge in [0.1, 0.15) is 0 Å². The van der Waals surface area contributed by atoms with Crippen LogP contribution in [0.15, 0.2) is 30.3 Å². The van der Waals surface area contributed by atoms with Gasteiger partial charge in [-0.05, 0) is 30.7 Å². The zero-order chi connectivity index (χ0) is 10.0. The van der Waals surface area contributed by atoms with Crippen LogP contribution >= 0.6 is 0 Å². The Morgan fingerprint density at radius 1 is 1.29 bits per heavy atom. The molecular weight excluding hydrogens is 172 g/mol. The lowest BCUT2D eigenvalue weighted by atomic mass is 9.68. The summed E-state index contributed by atoms with van der Waals surface area (Å²) in [5.41, 5.74) is 0.520. The Morgan fingerprint density at radius 3 is 2.36 bits per heavy atom. The lowest BCUT2D eigenvalue weighted by Gasteiger charge is -2.41. The standard InChI is InChI=1S/C13H18O/c1-2-13(14,12-9-6-10-12)11-7-4-3-5-8-11/h3-5,7-8,12,14H,2,6,9-10H2,1H3. The lowest BCUT2D eigenvalue weighted by Crippen LogP contribution is -2.38. The van der Waals surface area contributed by atoms with Gasteiger partial charge in [-0.2, -0.15) is 0 Å². The maximum absolute atomic E-state index is 10.6. The second-order valence-electron chi connectivity index (χ2n) is 4.27. The molecule has 1 saturated carbocycles. The van der Waals surface area contributed by atoms with E-state index in [0.29, 0.717) is 5.92 Å². The van der Waals surface area contributed by atoms with Gasteiger partial charge >= 0.3 is 0 Å². The molecule has 76 valence electrons. The molecule has 1 unspecified atom stereocenters. The van der Waals surface area contributed by atoms with E-state index in [1.165, 1.54) is 19.3 Å². The van der Waals surface area contributed by atoms with Crippen molar-refractivity contribution in [3.63, 3.8) is 0 Å². The maximum Gasteiger partial charge on any atom is 0.0921 e. The number of rotatable bonds is 3. The average Bonchev–Trinajstić information content (AvgIpc) is 2.16. The van der Waals surface area contributed by atoms with Crippen molar-refractivity contribution >= 4 is 0 Å². The third-order valence-electron chi connectivity index (χ3n) is 3.59. The Labute approximate surface area is 85.8 Å². The van der Waals surface area contributed by atoms with Gasteiger partial charge < -0.3 is 5.11 Å². The van der Waals surface area contributed by atoms with Gasteiger partial charge in [0.05, 0.1) is 5.60 Å². The van der Waals surface area contributed by atoms with Crippen molar-refractivity contribution in [1.82, 2.24) is 0 Å². The minimum atomic E-state index is -0.570. The van der Waals surface area contributed by atoms with Gasteiger partial charge in [-0.1, -0.05) is 43.7 Å². The number of benzene rings is 1. The van der Waals surface area contributed by atoms with Gasteiger partial charge in [-0.3, -0.25) is 0 Å². The summed E-state index contributed by atoms with van der Waals surface area (Å²) in [6, 6.07) is 10.1. The molecular formula is C13H18O. The first-order chi connectivity index (χ1) is 6.77. The monoisotopic (exact) mass is 190 g/mol. The van der Waals surface area contributed by atoms with Crippen molar-refractivity contribution in [2.75, 3.05) is 0 Å². The van der Waals surface area contributed by atoms with Crippen LogP contribution in [0, 0.1) is 5.92 Å². The molecule has 0 spiro atoms. The Morgan fingerprint density at radius 2 is 1.93 bits per heavy atom. The van der Waals surface area contributed by atoms with E-state index < -0.39 is 5.60 Å². The average molecular weight is 190 g/mol. The van der Waals surface area contributed by atoms with E-state index in [9.17, 15) is 5.11 Å². The molecule has 2 rings (SSSR count). The first kappa shape index (κ1) is 9.72. The highest BCUT2D eigenvalue weighted by Crippen LogP contribution is 2.44. The van der Waals surface area contributed by atoms with E-state index in [1.807, 2.05) is 30.3 Å². The molecule has 0 bridgehead atoms. The van der Waals surface area contributed by atoms with Crippen molar-refractivity contribution in [2.24, 2.45) is 5.92 Å². The second-order valence-corrected chi connectivity index (χ2v) is 4.27. The third-order valence-corrected chi connectivity index (χ3v) is 3.59. The molecule has 0 heterocycles. The topological polar surface area (TPSA) is 20.2 Å². The largest absolute Gasteiger partial charge is 0.385 e. The third kappa shape index (κ3) is 1.46. The van der Waals surface area contributed by atoms with Crippen LogP contribution in [-0.2, 0) is 5.60 Å². The molecule has 1 aliphatic rings. The summed E-state index contributed by atoms with van der Waals surface area (Å²) in [6.45, 7) is 2.07. The van der Waals surface area contributed by atoms with Crippen LogP contribution in [0.5, 0.6) is 0 Å². The summed E-state index contributed by atoms with van der Waals surface area (Å²) < 4.78 is 0. The van der Waals surface area contributed by atoms with E-state index in [4.69, 9.17) is 0 Å². The summed E-state index contributed by atoms with van der Waals surface area (Å²) in [4.78, 5) is 0. The smallest absolute Gasteiger partial charge is 0.0921 e. The molecule has 0 amide bonds. The van der Waals surface area contributed by atoms with Crippen molar-refractivity contribution in [2.45, 2.75) is 38.2 Å². The number of hydrogen-bond donors (Lipinski definition) is 1. The SMILES string of the molecule is CCC(O)(c1ccccc1)C1CCC1. The molecule has 1 aromatic carbocycles. The first-order valence-corrected chi connectivity index (χ1v) is 5.55. The highest BCUT2D eigenvalue weighted by molar-refractivity contribution is 5.23. The Bertz CT molecular complexity index is 289. The Kier molecular flexibility index (Phi) is 2.60. The van der Waals surface area contributed by atoms with Crippen LogP contribution in [0.1, 0.15) is 38.2 Å². The van der Waals surface area contributed by atoms with Crippen LogP contribution in [0.4, 0.5) is 0 Å². The molecule has 0 saturated heterocycles. The van der Waals surface area contributed by atoms with Gasteiger partial charge in [0.15, 0.2) is 0 Å². The highest BCUT2D eigenvalue weighted by Gasteiger charge is 2.39. The minimum absolute atomic E-state index is 0.481. The van der Waals surface area contributed by atoms with E-state index in [2.05, 4.69) is 6.92 Å². The Hall–Kier alpha value is -0.820. The summed E-state index contributed by atoms with van der Waals surface area (Å²) in [6.07, 6.45) is 4.46. The molecule has 1 nitrogen and oxygen atoms in total. The van der Waals surface area contributed by atoms with Gasteiger partial charge in [-0.25, -0.2) is 0 Å². The van der Waals surface area contributed by atoms with Crippen LogP contribution in [0.2, 0.25) is 0 Å². The zero-order valence-electron chi connectivity index (χ0n) is 8.74. The summed E-state index contributed by atoms with van der Waals surface area (Å²) in [5, 5.41) is 10.6. The van der Waals surface area contributed by atoms with Crippen molar-refractivity contribution in [3.05, 3.63) is 35.9 Å². The van der Waals surface area contributed by atoms with Crippen molar-refractivity contribution in [1.29, 1.82) is 0 Å². The second kappa shape index (κ2) is 3.74. The summed E-state index contributed by atoms with van der Waals surface area (Å²) >= 11 is 0. The number of aliphatic hydroxyl groups is 1. The normalized spacial score (nSPS) is 21.3. The van der Waals surface area contributed by atoms with E-state index in [1.54, 1.807) is 0 Å². The van der Waals surface area contributed by atoms with Gasteiger partial charge in [0.2, 0.25) is 0 Å². The van der Waals surface area contributed by atoms with E-state index in [0.717, 1.165) is 12.0 Å². The molecule has 0 radical (unpaired) electrons. The molecule has 1 heteroatoms. The van der Waals surface area contributed by atoms with Crippen molar-refractivity contribution < 1.29 is 5.11 Å². The Balaban J connectivity index is 2.27. The molecule has 1 aromatic rings. The minimum Gasteiger partial charge on any atom is -0.385 e. The zero-order valence-corrected chi connectivity index (χ0v) is 8.74. The quantitative estimate of drug-likeness (QED) is 0.776. The predicted molar refractivity (Wildman–Crippen MR) is 58.0 cm³/mol. The molecule has 1 fully saturated rings.